The molecule has 0 radical (unpaired) electrons. The molecule has 2 nitrogen and oxygen atoms in total. The zero-order valence-corrected chi connectivity index (χ0v) is 7.55. The Kier molecular flexibility index (Phi) is 4.59. The second kappa shape index (κ2) is 4.94. The summed E-state index contributed by atoms with van der Waals surface area (Å²) < 4.78 is 0. The fraction of sp³-hybridized carbons (Fsp3) is 0.667. The van der Waals surface area contributed by atoms with Crippen molar-refractivity contribution in [3.8, 4) is 0 Å². The number of amides is 1. The molecule has 0 aliphatic heterocycles. The SMILES string of the molecule is CCCC(C)/C(C)=C\C(N)=O. The maximum atomic E-state index is 10.5. The van der Waals surface area contributed by atoms with Crippen molar-refractivity contribution in [2.75, 3.05) is 0 Å². The largest absolute Gasteiger partial charge is 0.366 e. The summed E-state index contributed by atoms with van der Waals surface area (Å²) in [7, 11) is 0. The molecule has 0 aromatic heterocycles. The van der Waals surface area contributed by atoms with E-state index in [4.69, 9.17) is 5.73 Å². The van der Waals surface area contributed by atoms with Crippen LogP contribution < -0.4 is 5.73 Å². The highest BCUT2D eigenvalue weighted by Gasteiger charge is 2.02. The van der Waals surface area contributed by atoms with Crippen LogP contribution in [0.15, 0.2) is 11.6 Å². The van der Waals surface area contributed by atoms with Crippen LogP contribution in [0.1, 0.15) is 33.6 Å². The smallest absolute Gasteiger partial charge is 0.241 e. The zero-order chi connectivity index (χ0) is 8.85. The molecule has 1 amide bonds. The van der Waals surface area contributed by atoms with Crippen molar-refractivity contribution in [2.45, 2.75) is 33.6 Å². The predicted octanol–water partition coefficient (Wildman–Crippen LogP) is 1.85. The van der Waals surface area contributed by atoms with Crippen LogP contribution in [-0.4, -0.2) is 5.91 Å². The molecule has 0 rings (SSSR count). The first-order chi connectivity index (χ1) is 5.07. The van der Waals surface area contributed by atoms with Gasteiger partial charge in [0, 0.05) is 6.08 Å². The van der Waals surface area contributed by atoms with Gasteiger partial charge >= 0.3 is 0 Å². The average molecular weight is 155 g/mol. The Labute approximate surface area is 68.5 Å². The summed E-state index contributed by atoms with van der Waals surface area (Å²) >= 11 is 0. The van der Waals surface area contributed by atoms with Crippen LogP contribution in [0.3, 0.4) is 0 Å². The van der Waals surface area contributed by atoms with Gasteiger partial charge in [-0.3, -0.25) is 4.79 Å². The molecule has 2 N–H and O–H groups in total. The maximum absolute atomic E-state index is 10.5. The van der Waals surface area contributed by atoms with Crippen LogP contribution in [0.2, 0.25) is 0 Å². The van der Waals surface area contributed by atoms with Gasteiger partial charge in [0.15, 0.2) is 0 Å². The van der Waals surface area contributed by atoms with Crippen molar-refractivity contribution < 1.29 is 4.79 Å². The Bertz CT molecular complexity index is 161. The molecule has 0 fully saturated rings. The first kappa shape index (κ1) is 10.2. The number of carbonyl (C=O) groups excluding carboxylic acids is 1. The average Bonchev–Trinajstić information content (AvgIpc) is 1.86. The van der Waals surface area contributed by atoms with Crippen LogP contribution in [0.4, 0.5) is 0 Å². The first-order valence-electron chi connectivity index (χ1n) is 4.05. The molecule has 0 aliphatic rings. The summed E-state index contributed by atoms with van der Waals surface area (Å²) in [5, 5.41) is 0. The van der Waals surface area contributed by atoms with E-state index in [1.165, 1.54) is 6.08 Å². The third kappa shape index (κ3) is 4.59. The molecule has 1 unspecified atom stereocenters. The highest BCUT2D eigenvalue weighted by atomic mass is 16.1. The molecular weight excluding hydrogens is 138 g/mol. The minimum absolute atomic E-state index is 0.342. The van der Waals surface area contributed by atoms with Gasteiger partial charge in [0.05, 0.1) is 0 Å². The molecule has 0 saturated heterocycles. The molecule has 64 valence electrons. The van der Waals surface area contributed by atoms with Crippen LogP contribution in [0, 0.1) is 5.92 Å². The van der Waals surface area contributed by atoms with Gasteiger partial charge in [0.1, 0.15) is 0 Å². The molecule has 0 aromatic carbocycles. The Balaban J connectivity index is 4.00. The number of hydrogen-bond acceptors (Lipinski definition) is 1. The van der Waals surface area contributed by atoms with Crippen molar-refractivity contribution >= 4 is 5.91 Å². The van der Waals surface area contributed by atoms with Crippen molar-refractivity contribution in [1.82, 2.24) is 0 Å². The van der Waals surface area contributed by atoms with Crippen LogP contribution in [0.5, 0.6) is 0 Å². The number of carbonyl (C=O) groups is 1. The van der Waals surface area contributed by atoms with E-state index in [0.29, 0.717) is 5.92 Å². The summed E-state index contributed by atoms with van der Waals surface area (Å²) in [6.45, 7) is 6.19. The molecule has 11 heavy (non-hydrogen) atoms. The van der Waals surface area contributed by atoms with Crippen molar-refractivity contribution in [1.29, 1.82) is 0 Å². The van der Waals surface area contributed by atoms with Gasteiger partial charge in [-0.1, -0.05) is 25.8 Å². The molecular formula is C9H17NO. The van der Waals surface area contributed by atoms with Crippen molar-refractivity contribution in [3.63, 3.8) is 0 Å². The summed E-state index contributed by atoms with van der Waals surface area (Å²) in [5.74, 6) is 0.137. The number of rotatable bonds is 4. The Hall–Kier alpha value is -0.790. The summed E-state index contributed by atoms with van der Waals surface area (Å²) in [5.41, 5.74) is 6.09. The lowest BCUT2D eigenvalue weighted by molar-refractivity contribution is -0.113. The first-order valence-corrected chi connectivity index (χ1v) is 4.05. The number of hydrogen-bond donors (Lipinski definition) is 1. The minimum atomic E-state index is -0.342. The molecule has 1 atom stereocenters. The predicted molar refractivity (Wildman–Crippen MR) is 47.0 cm³/mol. The summed E-state index contributed by atoms with van der Waals surface area (Å²) in [4.78, 5) is 10.5. The van der Waals surface area contributed by atoms with Crippen LogP contribution in [-0.2, 0) is 4.79 Å². The Morgan fingerprint density at radius 1 is 1.64 bits per heavy atom. The number of primary amides is 1. The molecule has 0 saturated carbocycles. The van der Waals surface area contributed by atoms with Crippen molar-refractivity contribution in [3.05, 3.63) is 11.6 Å². The minimum Gasteiger partial charge on any atom is -0.366 e. The molecule has 2 heteroatoms. The van der Waals surface area contributed by atoms with Crippen LogP contribution in [0.25, 0.3) is 0 Å². The number of nitrogens with two attached hydrogens (primary N) is 1. The van der Waals surface area contributed by atoms with Crippen LogP contribution >= 0.6 is 0 Å². The lowest BCUT2D eigenvalue weighted by Crippen LogP contribution is -2.08. The monoisotopic (exact) mass is 155 g/mol. The lowest BCUT2D eigenvalue weighted by atomic mass is 9.97. The Morgan fingerprint density at radius 3 is 2.55 bits per heavy atom. The van der Waals surface area contributed by atoms with E-state index in [-0.39, 0.29) is 5.91 Å². The maximum Gasteiger partial charge on any atom is 0.241 e. The number of allylic oxidation sites excluding steroid dienone is 1. The third-order valence-corrected chi connectivity index (χ3v) is 1.87. The topological polar surface area (TPSA) is 43.1 Å². The molecule has 0 aliphatic carbocycles. The fourth-order valence-electron chi connectivity index (χ4n) is 1.03. The summed E-state index contributed by atoms with van der Waals surface area (Å²) in [6, 6.07) is 0. The van der Waals surface area contributed by atoms with E-state index in [9.17, 15) is 4.79 Å². The van der Waals surface area contributed by atoms with Gasteiger partial charge in [-0.2, -0.15) is 0 Å². The standard InChI is InChI=1S/C9H17NO/c1-4-5-7(2)8(3)6-9(10)11/h6-7H,4-5H2,1-3H3,(H2,10,11)/b8-6-. The normalized spacial score (nSPS) is 14.6. The van der Waals surface area contributed by atoms with Gasteiger partial charge in [-0.05, 0) is 19.3 Å². The van der Waals surface area contributed by atoms with E-state index < -0.39 is 0 Å². The van der Waals surface area contributed by atoms with Gasteiger partial charge in [0.2, 0.25) is 5.91 Å². The highest BCUT2D eigenvalue weighted by molar-refractivity contribution is 5.86. The van der Waals surface area contributed by atoms with Gasteiger partial charge in [0.25, 0.3) is 0 Å². The summed E-state index contributed by atoms with van der Waals surface area (Å²) in [6.07, 6.45) is 3.78. The second-order valence-corrected chi connectivity index (χ2v) is 2.98. The lowest BCUT2D eigenvalue weighted by Gasteiger charge is -2.09. The van der Waals surface area contributed by atoms with E-state index in [1.807, 2.05) is 6.92 Å². The molecule has 0 aromatic rings. The Morgan fingerprint density at radius 2 is 2.18 bits per heavy atom. The fourth-order valence-corrected chi connectivity index (χ4v) is 1.03. The second-order valence-electron chi connectivity index (χ2n) is 2.98. The third-order valence-electron chi connectivity index (χ3n) is 1.87. The van der Waals surface area contributed by atoms with Gasteiger partial charge in [-0.25, -0.2) is 0 Å². The highest BCUT2D eigenvalue weighted by Crippen LogP contribution is 2.14. The van der Waals surface area contributed by atoms with Gasteiger partial charge < -0.3 is 5.73 Å². The van der Waals surface area contributed by atoms with E-state index in [0.717, 1.165) is 18.4 Å². The molecule has 0 bridgehead atoms. The van der Waals surface area contributed by atoms with Gasteiger partial charge in [-0.15, -0.1) is 0 Å². The van der Waals surface area contributed by atoms with E-state index in [2.05, 4.69) is 13.8 Å². The quantitative estimate of drug-likeness (QED) is 0.618. The van der Waals surface area contributed by atoms with E-state index >= 15 is 0 Å². The molecule has 0 heterocycles. The zero-order valence-electron chi connectivity index (χ0n) is 7.55. The van der Waals surface area contributed by atoms with E-state index in [1.54, 1.807) is 0 Å². The van der Waals surface area contributed by atoms with Crippen molar-refractivity contribution in [2.24, 2.45) is 11.7 Å². The molecule has 0 spiro atoms.